The molecular formula is C13H19N5O. The highest BCUT2D eigenvalue weighted by Gasteiger charge is 2.35. The van der Waals surface area contributed by atoms with Gasteiger partial charge in [-0.2, -0.15) is 0 Å². The summed E-state index contributed by atoms with van der Waals surface area (Å²) in [7, 11) is 0. The summed E-state index contributed by atoms with van der Waals surface area (Å²) in [6, 6.07) is 0. The zero-order valence-corrected chi connectivity index (χ0v) is 10.9. The highest BCUT2D eigenvalue weighted by molar-refractivity contribution is 5.88. The molecule has 2 unspecified atom stereocenters. The predicted octanol–water partition coefficient (Wildman–Crippen LogP) is 0.259. The number of carbonyl (C=O) groups excluding carboxylic acids is 1. The summed E-state index contributed by atoms with van der Waals surface area (Å²) in [6.45, 7) is 2.05. The van der Waals surface area contributed by atoms with Crippen molar-refractivity contribution in [2.24, 2.45) is 17.2 Å². The molecule has 2 atom stereocenters. The first kappa shape index (κ1) is 13.4. The molecule has 0 saturated heterocycles. The highest BCUT2D eigenvalue weighted by atomic mass is 16.1. The number of aromatic nitrogens is 2. The van der Waals surface area contributed by atoms with E-state index in [0.29, 0.717) is 12.1 Å². The number of aromatic amines is 1. The van der Waals surface area contributed by atoms with E-state index in [9.17, 15) is 4.79 Å². The molecule has 0 spiro atoms. The second kappa shape index (κ2) is 4.89. The fraction of sp³-hybridized carbons (Fsp3) is 0.385. The lowest BCUT2D eigenvalue weighted by atomic mass is 9.79. The molecule has 1 aliphatic rings. The summed E-state index contributed by atoms with van der Waals surface area (Å²) < 4.78 is 0. The number of hydrogen-bond acceptors (Lipinski definition) is 4. The first-order valence-corrected chi connectivity index (χ1v) is 6.23. The van der Waals surface area contributed by atoms with Crippen LogP contribution >= 0.6 is 0 Å². The van der Waals surface area contributed by atoms with Crippen LogP contribution in [0.15, 0.2) is 35.8 Å². The molecule has 0 radical (unpaired) electrons. The first-order valence-electron chi connectivity index (χ1n) is 6.23. The van der Waals surface area contributed by atoms with Crippen molar-refractivity contribution in [1.82, 2.24) is 9.97 Å². The Kier molecular flexibility index (Phi) is 3.44. The lowest BCUT2D eigenvalue weighted by molar-refractivity contribution is -0.121. The zero-order chi connectivity index (χ0) is 14.0. The normalized spacial score (nSPS) is 24.5. The van der Waals surface area contributed by atoms with E-state index in [1.165, 1.54) is 6.08 Å². The molecule has 1 heterocycles. The van der Waals surface area contributed by atoms with E-state index in [-0.39, 0.29) is 5.92 Å². The lowest BCUT2D eigenvalue weighted by Crippen LogP contribution is -2.52. The number of nitrogens with one attached hydrogen (secondary N) is 1. The van der Waals surface area contributed by atoms with E-state index in [2.05, 4.69) is 9.97 Å². The molecule has 7 N–H and O–H groups in total. The molecule has 0 aliphatic heterocycles. The second-order valence-corrected chi connectivity index (χ2v) is 4.88. The molecule has 19 heavy (non-hydrogen) atoms. The van der Waals surface area contributed by atoms with Gasteiger partial charge in [-0.15, -0.1) is 0 Å². The molecule has 1 aromatic rings. The third-order valence-electron chi connectivity index (χ3n) is 3.44. The number of hydrogen-bond donors (Lipinski definition) is 4. The van der Waals surface area contributed by atoms with Crippen LogP contribution in [0.5, 0.6) is 0 Å². The number of imidazole rings is 1. The summed E-state index contributed by atoms with van der Waals surface area (Å²) in [5.74, 6) is 0.329. The van der Waals surface area contributed by atoms with Gasteiger partial charge in [0.2, 0.25) is 5.91 Å². The fourth-order valence-electron chi connectivity index (χ4n) is 2.47. The molecule has 1 aliphatic carbocycles. The molecule has 0 saturated carbocycles. The van der Waals surface area contributed by atoms with Crippen LogP contribution in [0.1, 0.15) is 31.5 Å². The molecule has 6 nitrogen and oxygen atoms in total. The van der Waals surface area contributed by atoms with Gasteiger partial charge in [0, 0.05) is 30.4 Å². The largest absolute Gasteiger partial charge is 0.399 e. The number of H-pyrrole nitrogens is 1. The van der Waals surface area contributed by atoms with Gasteiger partial charge in [-0.05, 0) is 18.6 Å². The Morgan fingerprint density at radius 1 is 1.63 bits per heavy atom. The van der Waals surface area contributed by atoms with Crippen LogP contribution in [-0.2, 0) is 4.79 Å². The van der Waals surface area contributed by atoms with Gasteiger partial charge >= 0.3 is 0 Å². The highest BCUT2D eigenvalue weighted by Crippen LogP contribution is 2.34. The van der Waals surface area contributed by atoms with Crippen LogP contribution in [0, 0.1) is 0 Å². The minimum absolute atomic E-state index is 0.0597. The van der Waals surface area contributed by atoms with Crippen LogP contribution in [0.2, 0.25) is 0 Å². The van der Waals surface area contributed by atoms with E-state index in [1.54, 1.807) is 12.4 Å². The molecule has 102 valence electrons. The minimum Gasteiger partial charge on any atom is -0.399 e. The number of allylic oxidation sites excluding steroid dienone is 1. The van der Waals surface area contributed by atoms with E-state index in [0.717, 1.165) is 17.8 Å². The molecule has 1 aromatic heterocycles. The Balaban J connectivity index is 2.35. The second-order valence-electron chi connectivity index (χ2n) is 4.88. The fourth-order valence-corrected chi connectivity index (χ4v) is 2.47. The van der Waals surface area contributed by atoms with Gasteiger partial charge in [-0.3, -0.25) is 4.79 Å². The standard InChI is InChI=1S/C13H19N5O/c1-2-10(11-17-3-4-18-11)8-5-9(14)7-13(16,6-8)12(15)19/h3-5,7,10H,2,6,14,16H2,1H3,(H2,15,19)(H,17,18). The van der Waals surface area contributed by atoms with Crippen molar-refractivity contribution < 1.29 is 4.79 Å². The molecule has 1 amide bonds. The number of carbonyl (C=O) groups is 1. The monoisotopic (exact) mass is 261 g/mol. The third kappa shape index (κ3) is 2.53. The van der Waals surface area contributed by atoms with Gasteiger partial charge in [-0.1, -0.05) is 12.5 Å². The van der Waals surface area contributed by atoms with Gasteiger partial charge in [0.05, 0.1) is 0 Å². The Morgan fingerprint density at radius 2 is 2.37 bits per heavy atom. The van der Waals surface area contributed by atoms with Crippen LogP contribution in [-0.4, -0.2) is 21.4 Å². The summed E-state index contributed by atoms with van der Waals surface area (Å²) in [5.41, 5.74) is 17.5. The first-order chi connectivity index (χ1) is 8.96. The van der Waals surface area contributed by atoms with Crippen molar-refractivity contribution in [2.75, 3.05) is 0 Å². The number of rotatable bonds is 4. The summed E-state index contributed by atoms with van der Waals surface area (Å²) >= 11 is 0. The predicted molar refractivity (Wildman–Crippen MR) is 72.7 cm³/mol. The number of nitrogens with two attached hydrogens (primary N) is 3. The van der Waals surface area contributed by atoms with E-state index in [1.807, 2.05) is 13.0 Å². The smallest absolute Gasteiger partial charge is 0.241 e. The Morgan fingerprint density at radius 3 is 2.89 bits per heavy atom. The van der Waals surface area contributed by atoms with E-state index < -0.39 is 11.4 Å². The minimum atomic E-state index is -1.21. The number of nitrogens with zero attached hydrogens (tertiary/aromatic N) is 1. The summed E-state index contributed by atoms with van der Waals surface area (Å²) in [4.78, 5) is 18.9. The molecule has 0 fully saturated rings. The van der Waals surface area contributed by atoms with Crippen molar-refractivity contribution >= 4 is 5.91 Å². The van der Waals surface area contributed by atoms with Crippen LogP contribution in [0.25, 0.3) is 0 Å². The summed E-state index contributed by atoms with van der Waals surface area (Å²) in [5, 5.41) is 0. The topological polar surface area (TPSA) is 124 Å². The summed E-state index contributed by atoms with van der Waals surface area (Å²) in [6.07, 6.45) is 8.04. The van der Waals surface area contributed by atoms with Crippen molar-refractivity contribution in [1.29, 1.82) is 0 Å². The maximum atomic E-state index is 11.5. The van der Waals surface area contributed by atoms with Crippen molar-refractivity contribution in [2.45, 2.75) is 31.2 Å². The maximum absolute atomic E-state index is 11.5. The zero-order valence-electron chi connectivity index (χ0n) is 10.9. The van der Waals surface area contributed by atoms with E-state index >= 15 is 0 Å². The SMILES string of the molecule is CCC(C1=CC(N)=CC(N)(C(N)=O)C1)c1ncc[nH]1. The van der Waals surface area contributed by atoms with Gasteiger partial charge < -0.3 is 22.2 Å². The molecule has 6 heteroatoms. The van der Waals surface area contributed by atoms with Crippen molar-refractivity contribution in [3.8, 4) is 0 Å². The Bertz CT molecular complexity index is 531. The molecular weight excluding hydrogens is 242 g/mol. The Hall–Kier alpha value is -2.08. The molecule has 0 bridgehead atoms. The van der Waals surface area contributed by atoms with Crippen molar-refractivity contribution in [3.63, 3.8) is 0 Å². The number of primary amides is 1. The van der Waals surface area contributed by atoms with Gasteiger partial charge in [0.15, 0.2) is 0 Å². The maximum Gasteiger partial charge on any atom is 0.241 e. The van der Waals surface area contributed by atoms with Gasteiger partial charge in [0.25, 0.3) is 0 Å². The average molecular weight is 261 g/mol. The quantitative estimate of drug-likeness (QED) is 0.620. The Labute approximate surface area is 111 Å². The van der Waals surface area contributed by atoms with Crippen LogP contribution < -0.4 is 17.2 Å². The van der Waals surface area contributed by atoms with Gasteiger partial charge in [-0.25, -0.2) is 4.98 Å². The van der Waals surface area contributed by atoms with E-state index in [4.69, 9.17) is 17.2 Å². The van der Waals surface area contributed by atoms with Crippen LogP contribution in [0.4, 0.5) is 0 Å². The molecule has 2 rings (SSSR count). The number of amides is 1. The molecule has 0 aromatic carbocycles. The lowest BCUT2D eigenvalue weighted by Gasteiger charge is -2.30. The van der Waals surface area contributed by atoms with Gasteiger partial charge in [0.1, 0.15) is 11.4 Å². The van der Waals surface area contributed by atoms with Crippen LogP contribution in [0.3, 0.4) is 0 Å². The average Bonchev–Trinajstić information content (AvgIpc) is 2.82. The third-order valence-corrected chi connectivity index (χ3v) is 3.44. The van der Waals surface area contributed by atoms with Crippen molar-refractivity contribution in [3.05, 3.63) is 41.6 Å².